The molecule has 0 atom stereocenters. The van der Waals surface area contributed by atoms with Crippen molar-refractivity contribution in [2.75, 3.05) is 19.6 Å². The molecule has 0 bridgehead atoms. The first-order valence-corrected chi connectivity index (χ1v) is 9.55. The number of carbonyl (C=O) groups excluding carboxylic acids is 1. The largest absolute Gasteiger partial charge is 0.333 e. The van der Waals surface area contributed by atoms with Gasteiger partial charge in [0.05, 0.1) is 24.8 Å². The van der Waals surface area contributed by atoms with Gasteiger partial charge in [0, 0.05) is 29.7 Å². The van der Waals surface area contributed by atoms with Crippen LogP contribution in [-0.4, -0.2) is 51.2 Å². The molecule has 128 valence electrons. The molecular formula is C18H24N4OS. The van der Waals surface area contributed by atoms with Gasteiger partial charge >= 0.3 is 0 Å². The zero-order chi connectivity index (χ0) is 16.7. The Morgan fingerprint density at radius 1 is 1.38 bits per heavy atom. The van der Waals surface area contributed by atoms with Crippen molar-refractivity contribution in [3.05, 3.63) is 39.8 Å². The second kappa shape index (κ2) is 6.33. The number of hydrogen-bond donors (Lipinski definition) is 0. The lowest BCUT2D eigenvalue weighted by Crippen LogP contribution is -2.52. The Labute approximate surface area is 146 Å². The van der Waals surface area contributed by atoms with Crippen LogP contribution in [0.25, 0.3) is 0 Å². The molecule has 1 saturated carbocycles. The summed E-state index contributed by atoms with van der Waals surface area (Å²) in [7, 11) is 0. The molecule has 4 rings (SSSR count). The third-order valence-electron chi connectivity index (χ3n) is 4.90. The summed E-state index contributed by atoms with van der Waals surface area (Å²) in [6.07, 6.45) is 2.32. The predicted molar refractivity (Wildman–Crippen MR) is 95.1 cm³/mol. The number of likely N-dealkylation sites (tertiary alicyclic amines) is 1. The number of carbonyl (C=O) groups is 1. The number of rotatable bonds is 6. The van der Waals surface area contributed by atoms with Crippen LogP contribution in [0.1, 0.15) is 35.1 Å². The van der Waals surface area contributed by atoms with E-state index in [0.29, 0.717) is 18.6 Å². The Morgan fingerprint density at radius 3 is 2.75 bits per heavy atom. The summed E-state index contributed by atoms with van der Waals surface area (Å²) in [5, 5.41) is 6.65. The zero-order valence-corrected chi connectivity index (χ0v) is 15.1. The summed E-state index contributed by atoms with van der Waals surface area (Å²) in [5.74, 6) is 0.276. The summed E-state index contributed by atoms with van der Waals surface area (Å²) >= 11 is 1.73. The smallest absolute Gasteiger partial charge is 0.237 e. The zero-order valence-electron chi connectivity index (χ0n) is 14.3. The van der Waals surface area contributed by atoms with E-state index in [9.17, 15) is 4.79 Å². The molecule has 0 radical (unpaired) electrons. The Bertz CT molecular complexity index is 713. The van der Waals surface area contributed by atoms with Crippen molar-refractivity contribution in [2.24, 2.45) is 0 Å². The van der Waals surface area contributed by atoms with Gasteiger partial charge in [0.1, 0.15) is 0 Å². The van der Waals surface area contributed by atoms with Crippen molar-refractivity contribution in [1.82, 2.24) is 19.6 Å². The molecule has 0 unspecified atom stereocenters. The highest BCUT2D eigenvalue weighted by Gasteiger charge is 2.36. The first kappa shape index (κ1) is 15.8. The van der Waals surface area contributed by atoms with Crippen LogP contribution in [0, 0.1) is 13.8 Å². The van der Waals surface area contributed by atoms with E-state index in [1.165, 1.54) is 10.6 Å². The number of thiophene rings is 1. The quantitative estimate of drug-likeness (QED) is 0.809. The number of hydrogen-bond acceptors (Lipinski definition) is 4. The Balaban J connectivity index is 1.32. The van der Waals surface area contributed by atoms with E-state index in [2.05, 4.69) is 50.1 Å². The molecule has 6 heteroatoms. The van der Waals surface area contributed by atoms with Crippen LogP contribution in [0.15, 0.2) is 23.6 Å². The average Bonchev–Trinajstić information content (AvgIpc) is 3.11. The standard InChI is InChI=1S/C18H24N4OS/c1-13-8-14(2)22(19-13)16-9-20(10-16)12-18(23)21(15-5-6-15)11-17-4-3-7-24-17/h3-4,7-8,15-16H,5-6,9-12H2,1-2H3. The van der Waals surface area contributed by atoms with E-state index in [4.69, 9.17) is 0 Å². The van der Waals surface area contributed by atoms with E-state index < -0.39 is 0 Å². The van der Waals surface area contributed by atoms with Gasteiger partial charge in [0.25, 0.3) is 0 Å². The van der Waals surface area contributed by atoms with E-state index >= 15 is 0 Å². The van der Waals surface area contributed by atoms with Crippen LogP contribution >= 0.6 is 11.3 Å². The van der Waals surface area contributed by atoms with Crippen molar-refractivity contribution in [1.29, 1.82) is 0 Å². The van der Waals surface area contributed by atoms with Crippen LogP contribution in [0.4, 0.5) is 0 Å². The van der Waals surface area contributed by atoms with Crippen molar-refractivity contribution < 1.29 is 4.79 Å². The van der Waals surface area contributed by atoms with Crippen molar-refractivity contribution in [3.63, 3.8) is 0 Å². The molecule has 1 aliphatic heterocycles. The Morgan fingerprint density at radius 2 is 2.17 bits per heavy atom. The SMILES string of the molecule is Cc1cc(C)n(C2CN(CC(=O)N(Cc3cccs3)C3CC3)C2)n1. The lowest BCUT2D eigenvalue weighted by Gasteiger charge is -2.40. The minimum Gasteiger partial charge on any atom is -0.333 e. The van der Waals surface area contributed by atoms with Gasteiger partial charge in [-0.3, -0.25) is 14.4 Å². The van der Waals surface area contributed by atoms with Crippen molar-refractivity contribution in [2.45, 2.75) is 45.3 Å². The average molecular weight is 344 g/mol. The lowest BCUT2D eigenvalue weighted by atomic mass is 10.1. The van der Waals surface area contributed by atoms with Crippen molar-refractivity contribution >= 4 is 17.2 Å². The molecule has 0 N–H and O–H groups in total. The highest BCUT2D eigenvalue weighted by molar-refractivity contribution is 7.09. The molecule has 2 aromatic rings. The monoisotopic (exact) mass is 344 g/mol. The summed E-state index contributed by atoms with van der Waals surface area (Å²) < 4.78 is 2.11. The van der Waals surface area contributed by atoms with Crippen LogP contribution in [0.3, 0.4) is 0 Å². The fourth-order valence-corrected chi connectivity index (χ4v) is 4.20. The van der Waals surface area contributed by atoms with E-state index in [0.717, 1.165) is 38.2 Å². The van der Waals surface area contributed by atoms with Gasteiger partial charge in [-0.05, 0) is 44.2 Å². The molecule has 1 saturated heterocycles. The van der Waals surface area contributed by atoms with Gasteiger partial charge in [-0.15, -0.1) is 11.3 Å². The molecular weight excluding hydrogens is 320 g/mol. The fraction of sp³-hybridized carbons (Fsp3) is 0.556. The first-order chi connectivity index (χ1) is 11.6. The molecule has 1 aliphatic carbocycles. The van der Waals surface area contributed by atoms with E-state index in [1.807, 2.05) is 6.92 Å². The van der Waals surface area contributed by atoms with Gasteiger partial charge in [-0.1, -0.05) is 6.07 Å². The molecule has 2 fully saturated rings. The Kier molecular flexibility index (Phi) is 4.18. The maximum absolute atomic E-state index is 12.7. The molecule has 3 heterocycles. The van der Waals surface area contributed by atoms with E-state index in [-0.39, 0.29) is 5.91 Å². The maximum Gasteiger partial charge on any atom is 0.237 e. The molecule has 24 heavy (non-hydrogen) atoms. The number of amides is 1. The highest BCUT2D eigenvalue weighted by atomic mass is 32.1. The minimum absolute atomic E-state index is 0.276. The number of nitrogens with zero attached hydrogens (tertiary/aromatic N) is 4. The lowest BCUT2D eigenvalue weighted by molar-refractivity contribution is -0.135. The number of aromatic nitrogens is 2. The third-order valence-corrected chi connectivity index (χ3v) is 5.76. The second-order valence-corrected chi connectivity index (χ2v) is 8.08. The molecule has 0 aromatic carbocycles. The molecule has 5 nitrogen and oxygen atoms in total. The second-order valence-electron chi connectivity index (χ2n) is 7.05. The molecule has 2 aliphatic rings. The maximum atomic E-state index is 12.7. The summed E-state index contributed by atoms with van der Waals surface area (Å²) in [6, 6.07) is 7.18. The van der Waals surface area contributed by atoms with Gasteiger partial charge in [-0.25, -0.2) is 0 Å². The summed E-state index contributed by atoms with van der Waals surface area (Å²) in [6.45, 7) is 7.29. The van der Waals surface area contributed by atoms with Crippen LogP contribution in [0.2, 0.25) is 0 Å². The van der Waals surface area contributed by atoms with E-state index in [1.54, 1.807) is 11.3 Å². The minimum atomic E-state index is 0.276. The predicted octanol–water partition coefficient (Wildman–Crippen LogP) is 2.61. The molecule has 1 amide bonds. The summed E-state index contributed by atoms with van der Waals surface area (Å²) in [4.78, 5) is 18.3. The first-order valence-electron chi connectivity index (χ1n) is 8.67. The van der Waals surface area contributed by atoms with Gasteiger partial charge in [0.2, 0.25) is 5.91 Å². The van der Waals surface area contributed by atoms with Crippen molar-refractivity contribution in [3.8, 4) is 0 Å². The number of aryl methyl sites for hydroxylation is 2. The van der Waals surface area contributed by atoms with Gasteiger partial charge in [-0.2, -0.15) is 5.10 Å². The molecule has 2 aromatic heterocycles. The van der Waals surface area contributed by atoms with Crippen LogP contribution in [-0.2, 0) is 11.3 Å². The van der Waals surface area contributed by atoms with Crippen LogP contribution in [0.5, 0.6) is 0 Å². The van der Waals surface area contributed by atoms with Crippen LogP contribution < -0.4 is 0 Å². The normalized spacial score (nSPS) is 18.6. The molecule has 0 spiro atoms. The van der Waals surface area contributed by atoms with Gasteiger partial charge < -0.3 is 4.90 Å². The Hall–Kier alpha value is -1.66. The van der Waals surface area contributed by atoms with Gasteiger partial charge in [0.15, 0.2) is 0 Å². The summed E-state index contributed by atoms with van der Waals surface area (Å²) in [5.41, 5.74) is 2.28. The highest BCUT2D eigenvalue weighted by Crippen LogP contribution is 2.30. The topological polar surface area (TPSA) is 41.4 Å². The third kappa shape index (κ3) is 3.26. The fourth-order valence-electron chi connectivity index (χ4n) is 3.50.